The molecule has 0 radical (unpaired) electrons. The maximum atomic E-state index is 5.62. The van der Waals surface area contributed by atoms with Crippen LogP contribution in [0.5, 0.6) is 0 Å². The molecule has 0 saturated carbocycles. The molecule has 8 heteroatoms. The fourth-order valence-corrected chi connectivity index (χ4v) is 3.65. The van der Waals surface area contributed by atoms with Crippen molar-refractivity contribution in [2.75, 3.05) is 31.1 Å². The first kappa shape index (κ1) is 18.8. The molecule has 1 aliphatic rings. The van der Waals surface area contributed by atoms with E-state index in [4.69, 9.17) is 12.2 Å². The maximum absolute atomic E-state index is 5.62. The third kappa shape index (κ3) is 3.98. The third-order valence-corrected chi connectivity index (χ3v) is 5.56. The number of piperazine rings is 1. The van der Waals surface area contributed by atoms with Crippen LogP contribution in [0.1, 0.15) is 25.3 Å². The van der Waals surface area contributed by atoms with Gasteiger partial charge in [0.1, 0.15) is 0 Å². The summed E-state index contributed by atoms with van der Waals surface area (Å²) in [6.07, 6.45) is 3.68. The zero-order valence-corrected chi connectivity index (χ0v) is 17.1. The first-order valence-corrected chi connectivity index (χ1v) is 10.0. The molecule has 4 rings (SSSR count). The van der Waals surface area contributed by atoms with Gasteiger partial charge in [0.2, 0.25) is 4.77 Å². The zero-order valence-electron chi connectivity index (χ0n) is 16.3. The lowest BCUT2D eigenvalue weighted by Crippen LogP contribution is -2.47. The van der Waals surface area contributed by atoms with E-state index in [-0.39, 0.29) is 0 Å². The summed E-state index contributed by atoms with van der Waals surface area (Å²) in [6.45, 7) is 8.90. The van der Waals surface area contributed by atoms with Gasteiger partial charge < -0.3 is 4.90 Å². The normalized spacial score (nSPS) is 15.3. The van der Waals surface area contributed by atoms with E-state index in [2.05, 4.69) is 75.5 Å². The van der Waals surface area contributed by atoms with E-state index in [1.807, 2.05) is 12.4 Å². The van der Waals surface area contributed by atoms with Crippen molar-refractivity contribution in [3.05, 3.63) is 59.1 Å². The molecule has 0 aliphatic carbocycles. The van der Waals surface area contributed by atoms with Crippen molar-refractivity contribution in [1.82, 2.24) is 29.7 Å². The second-order valence-corrected chi connectivity index (χ2v) is 7.74. The largest absolute Gasteiger partial charge is 0.369 e. The number of hydrogen-bond acceptors (Lipinski definition) is 6. The Labute approximate surface area is 170 Å². The van der Waals surface area contributed by atoms with Gasteiger partial charge in [-0.15, -0.1) is 0 Å². The third-order valence-electron chi connectivity index (χ3n) is 5.18. The van der Waals surface area contributed by atoms with Crippen LogP contribution in [0.4, 0.5) is 5.69 Å². The van der Waals surface area contributed by atoms with Gasteiger partial charge >= 0.3 is 0 Å². The Bertz CT molecular complexity index is 954. The fraction of sp³-hybridized carbons (Fsp3) is 0.400. The van der Waals surface area contributed by atoms with Gasteiger partial charge in [-0.1, -0.05) is 26.0 Å². The minimum atomic E-state index is 0.503. The summed E-state index contributed by atoms with van der Waals surface area (Å²) in [4.78, 5) is 8.83. The molecule has 0 unspecified atom stereocenters. The van der Waals surface area contributed by atoms with Crippen LogP contribution >= 0.6 is 12.2 Å². The van der Waals surface area contributed by atoms with Crippen LogP contribution < -0.4 is 4.90 Å². The predicted molar refractivity (Wildman–Crippen MR) is 112 cm³/mol. The lowest BCUT2D eigenvalue weighted by Gasteiger charge is -2.35. The summed E-state index contributed by atoms with van der Waals surface area (Å²) in [6, 6.07) is 12.5. The number of rotatable bonds is 5. The van der Waals surface area contributed by atoms with Gasteiger partial charge in [-0.3, -0.25) is 9.88 Å². The predicted octanol–water partition coefficient (Wildman–Crippen LogP) is 3.10. The molecule has 1 saturated heterocycles. The molecule has 0 bridgehead atoms. The second-order valence-electron chi connectivity index (χ2n) is 7.37. The molecule has 1 aliphatic heterocycles. The first-order valence-electron chi connectivity index (χ1n) is 9.62. The average Bonchev–Trinajstić information content (AvgIpc) is 3.09. The van der Waals surface area contributed by atoms with Crippen LogP contribution in [-0.2, 0) is 6.67 Å². The van der Waals surface area contributed by atoms with E-state index in [9.17, 15) is 0 Å². The van der Waals surface area contributed by atoms with Crippen LogP contribution in [0.2, 0.25) is 0 Å². The van der Waals surface area contributed by atoms with E-state index in [0.29, 0.717) is 17.4 Å². The van der Waals surface area contributed by atoms with E-state index < -0.39 is 0 Å². The number of tetrazole rings is 1. The molecule has 1 fully saturated rings. The SMILES string of the molecule is CC(C)c1ccc(-n2nnn(CN3CCN(c4ccncc4)CC3)c2=S)cc1. The number of pyridine rings is 1. The molecule has 3 aromatic rings. The number of anilines is 1. The van der Waals surface area contributed by atoms with E-state index in [1.165, 1.54) is 11.3 Å². The molecule has 0 spiro atoms. The van der Waals surface area contributed by atoms with E-state index in [1.54, 1.807) is 9.36 Å². The highest BCUT2D eigenvalue weighted by Crippen LogP contribution is 2.17. The van der Waals surface area contributed by atoms with Crippen LogP contribution in [0, 0.1) is 4.77 Å². The van der Waals surface area contributed by atoms with Gasteiger partial charge in [-0.2, -0.15) is 4.68 Å². The lowest BCUT2D eigenvalue weighted by atomic mass is 10.0. The van der Waals surface area contributed by atoms with Crippen molar-refractivity contribution in [3.8, 4) is 5.69 Å². The van der Waals surface area contributed by atoms with Crippen molar-refractivity contribution in [3.63, 3.8) is 0 Å². The Hall–Kier alpha value is -2.58. The Kier molecular flexibility index (Phi) is 5.50. The Morgan fingerprint density at radius 2 is 1.57 bits per heavy atom. The van der Waals surface area contributed by atoms with Gasteiger partial charge in [-0.25, -0.2) is 4.68 Å². The molecule has 0 N–H and O–H groups in total. The molecule has 1 aromatic carbocycles. The molecule has 2 aromatic heterocycles. The molecule has 146 valence electrons. The minimum Gasteiger partial charge on any atom is -0.369 e. The van der Waals surface area contributed by atoms with Crippen molar-refractivity contribution < 1.29 is 0 Å². The molecular weight excluding hydrogens is 370 g/mol. The molecular formula is C20H25N7S. The topological polar surface area (TPSA) is 55.0 Å². The summed E-state index contributed by atoms with van der Waals surface area (Å²) in [5.41, 5.74) is 3.47. The molecule has 0 amide bonds. The highest BCUT2D eigenvalue weighted by Gasteiger charge is 2.18. The molecule has 3 heterocycles. The monoisotopic (exact) mass is 395 g/mol. The highest BCUT2D eigenvalue weighted by atomic mass is 32.1. The molecule has 0 atom stereocenters. The van der Waals surface area contributed by atoms with Gasteiger partial charge in [0.15, 0.2) is 0 Å². The van der Waals surface area contributed by atoms with Crippen molar-refractivity contribution >= 4 is 17.9 Å². The summed E-state index contributed by atoms with van der Waals surface area (Å²) in [5, 5.41) is 8.55. The standard InChI is InChI=1S/C20H25N7S/c1-16(2)17-3-5-19(6-4-17)27-20(28)26(22-23-27)15-24-11-13-25(14-12-24)18-7-9-21-10-8-18/h3-10,16H,11-15H2,1-2H3. The average molecular weight is 396 g/mol. The Morgan fingerprint density at radius 1 is 0.893 bits per heavy atom. The Morgan fingerprint density at radius 3 is 2.21 bits per heavy atom. The van der Waals surface area contributed by atoms with Crippen LogP contribution in [0.3, 0.4) is 0 Å². The molecule has 7 nitrogen and oxygen atoms in total. The number of benzene rings is 1. The summed E-state index contributed by atoms with van der Waals surface area (Å²) in [7, 11) is 0. The second kappa shape index (κ2) is 8.20. The summed E-state index contributed by atoms with van der Waals surface area (Å²) < 4.78 is 4.15. The first-order chi connectivity index (χ1) is 13.6. The maximum Gasteiger partial charge on any atom is 0.221 e. The van der Waals surface area contributed by atoms with Crippen molar-refractivity contribution in [2.45, 2.75) is 26.4 Å². The van der Waals surface area contributed by atoms with Crippen LogP contribution in [0.15, 0.2) is 48.8 Å². The zero-order chi connectivity index (χ0) is 19.5. The summed E-state index contributed by atoms with van der Waals surface area (Å²) >= 11 is 5.62. The van der Waals surface area contributed by atoms with Crippen LogP contribution in [0.25, 0.3) is 5.69 Å². The smallest absolute Gasteiger partial charge is 0.221 e. The highest BCUT2D eigenvalue weighted by molar-refractivity contribution is 7.71. The van der Waals surface area contributed by atoms with Gasteiger partial charge in [0, 0.05) is 44.3 Å². The number of hydrogen-bond donors (Lipinski definition) is 0. The minimum absolute atomic E-state index is 0.503. The van der Waals surface area contributed by atoms with Crippen LogP contribution in [-0.4, -0.2) is 55.9 Å². The quantitative estimate of drug-likeness (QED) is 0.619. The lowest BCUT2D eigenvalue weighted by molar-refractivity contribution is 0.193. The van der Waals surface area contributed by atoms with Gasteiger partial charge in [0.05, 0.1) is 12.4 Å². The van der Waals surface area contributed by atoms with Crippen molar-refractivity contribution in [1.29, 1.82) is 0 Å². The fourth-order valence-electron chi connectivity index (χ4n) is 3.42. The number of nitrogens with zero attached hydrogens (tertiary/aromatic N) is 7. The van der Waals surface area contributed by atoms with Gasteiger partial charge in [0.25, 0.3) is 0 Å². The number of aromatic nitrogens is 5. The van der Waals surface area contributed by atoms with Gasteiger partial charge in [-0.05, 0) is 58.4 Å². The Balaban J connectivity index is 1.41. The van der Waals surface area contributed by atoms with E-state index in [0.717, 1.165) is 31.9 Å². The summed E-state index contributed by atoms with van der Waals surface area (Å²) in [5.74, 6) is 0.503. The van der Waals surface area contributed by atoms with E-state index >= 15 is 0 Å². The molecule has 28 heavy (non-hydrogen) atoms. The van der Waals surface area contributed by atoms with Crippen molar-refractivity contribution in [2.24, 2.45) is 0 Å².